The van der Waals surface area contributed by atoms with Gasteiger partial charge in [-0.1, -0.05) is 140 Å². The zero-order chi connectivity index (χ0) is 32.3. The van der Waals surface area contributed by atoms with Crippen LogP contribution in [0.3, 0.4) is 0 Å². The molecular formula is C46H28N2O. The number of nitrogens with zero attached hydrogens (tertiary/aromatic N) is 2. The van der Waals surface area contributed by atoms with Gasteiger partial charge >= 0.3 is 0 Å². The van der Waals surface area contributed by atoms with E-state index in [-0.39, 0.29) is 0 Å². The fourth-order valence-corrected chi connectivity index (χ4v) is 7.36. The molecule has 3 heteroatoms. The van der Waals surface area contributed by atoms with Gasteiger partial charge in [0.05, 0.1) is 11.4 Å². The molecule has 0 radical (unpaired) electrons. The topological polar surface area (TPSA) is 38.9 Å². The molecule has 0 aliphatic heterocycles. The number of para-hydroxylation sites is 1. The predicted molar refractivity (Wildman–Crippen MR) is 204 cm³/mol. The maximum Gasteiger partial charge on any atom is 0.161 e. The number of fused-ring (bicyclic) bond motifs is 9. The van der Waals surface area contributed by atoms with Crippen molar-refractivity contribution < 1.29 is 4.42 Å². The Bertz CT molecular complexity index is 2810. The van der Waals surface area contributed by atoms with Crippen LogP contribution in [0, 0.1) is 0 Å². The van der Waals surface area contributed by atoms with Gasteiger partial charge in [0, 0.05) is 32.8 Å². The number of aromatic nitrogens is 2. The van der Waals surface area contributed by atoms with Gasteiger partial charge in [-0.05, 0) is 68.4 Å². The molecule has 10 aromatic rings. The monoisotopic (exact) mass is 624 g/mol. The van der Waals surface area contributed by atoms with Gasteiger partial charge in [0.1, 0.15) is 11.2 Å². The summed E-state index contributed by atoms with van der Waals surface area (Å²) in [5.41, 5.74) is 9.02. The number of furan rings is 1. The lowest BCUT2D eigenvalue weighted by Crippen LogP contribution is -1.97. The van der Waals surface area contributed by atoms with E-state index in [9.17, 15) is 0 Å². The zero-order valence-corrected chi connectivity index (χ0v) is 26.5. The summed E-state index contributed by atoms with van der Waals surface area (Å²) in [5, 5.41) is 9.41. The van der Waals surface area contributed by atoms with Crippen molar-refractivity contribution in [2.45, 2.75) is 0 Å². The van der Waals surface area contributed by atoms with E-state index in [4.69, 9.17) is 14.4 Å². The summed E-state index contributed by atoms with van der Waals surface area (Å²) in [6.45, 7) is 0. The second-order valence-corrected chi connectivity index (χ2v) is 12.5. The quantitative estimate of drug-likeness (QED) is 0.183. The van der Waals surface area contributed by atoms with E-state index in [1.807, 2.05) is 24.3 Å². The van der Waals surface area contributed by atoms with Crippen LogP contribution in [-0.2, 0) is 0 Å². The summed E-state index contributed by atoms with van der Waals surface area (Å²) in [4.78, 5) is 10.5. The van der Waals surface area contributed by atoms with Crippen LogP contribution in [0.2, 0.25) is 0 Å². The lowest BCUT2D eigenvalue weighted by Gasteiger charge is -2.16. The number of benzene rings is 8. The van der Waals surface area contributed by atoms with E-state index in [0.717, 1.165) is 66.5 Å². The Hall–Kier alpha value is -6.58. The average molecular weight is 625 g/mol. The van der Waals surface area contributed by atoms with E-state index < -0.39 is 0 Å². The van der Waals surface area contributed by atoms with Gasteiger partial charge in [0.2, 0.25) is 0 Å². The van der Waals surface area contributed by atoms with Gasteiger partial charge in [-0.2, -0.15) is 0 Å². The first kappa shape index (κ1) is 27.5. The van der Waals surface area contributed by atoms with Crippen molar-refractivity contribution in [1.82, 2.24) is 9.97 Å². The van der Waals surface area contributed by atoms with Crippen LogP contribution in [0.5, 0.6) is 0 Å². The number of hydrogen-bond acceptors (Lipinski definition) is 3. The van der Waals surface area contributed by atoms with E-state index in [1.54, 1.807) is 0 Å². The van der Waals surface area contributed by atoms with Gasteiger partial charge in [-0.15, -0.1) is 0 Å². The van der Waals surface area contributed by atoms with E-state index in [1.165, 1.54) is 26.9 Å². The minimum absolute atomic E-state index is 0.707. The van der Waals surface area contributed by atoms with Crippen LogP contribution < -0.4 is 0 Å². The lowest BCUT2D eigenvalue weighted by molar-refractivity contribution is 0.669. The maximum absolute atomic E-state index is 6.15. The first-order chi connectivity index (χ1) is 24.3. The van der Waals surface area contributed by atoms with Crippen molar-refractivity contribution in [3.05, 3.63) is 170 Å². The minimum atomic E-state index is 0.707. The predicted octanol–water partition coefficient (Wildman–Crippen LogP) is 12.5. The Kier molecular flexibility index (Phi) is 6.18. The molecule has 2 heterocycles. The van der Waals surface area contributed by atoms with E-state index >= 15 is 0 Å². The fourth-order valence-electron chi connectivity index (χ4n) is 7.36. The molecule has 0 N–H and O–H groups in total. The van der Waals surface area contributed by atoms with Crippen LogP contribution in [0.1, 0.15) is 0 Å². The largest absolute Gasteiger partial charge is 0.456 e. The van der Waals surface area contributed by atoms with Crippen molar-refractivity contribution in [2.24, 2.45) is 0 Å². The second kappa shape index (κ2) is 11.0. The molecule has 0 saturated heterocycles. The first-order valence-corrected chi connectivity index (χ1v) is 16.6. The number of hydrogen-bond donors (Lipinski definition) is 0. The molecule has 8 aromatic carbocycles. The van der Waals surface area contributed by atoms with Gasteiger partial charge in [0.15, 0.2) is 5.82 Å². The molecule has 0 amide bonds. The Morgan fingerprint density at radius 3 is 1.57 bits per heavy atom. The zero-order valence-electron chi connectivity index (χ0n) is 26.5. The van der Waals surface area contributed by atoms with Crippen LogP contribution in [0.25, 0.3) is 99.3 Å². The van der Waals surface area contributed by atoms with Crippen LogP contribution in [0.15, 0.2) is 174 Å². The van der Waals surface area contributed by atoms with Gasteiger partial charge < -0.3 is 4.42 Å². The molecule has 10 rings (SSSR count). The molecule has 49 heavy (non-hydrogen) atoms. The molecule has 0 fully saturated rings. The highest BCUT2D eigenvalue weighted by molar-refractivity contribution is 6.28. The third-order valence-corrected chi connectivity index (χ3v) is 9.68. The highest BCUT2D eigenvalue weighted by Gasteiger charge is 2.18. The minimum Gasteiger partial charge on any atom is -0.456 e. The summed E-state index contributed by atoms with van der Waals surface area (Å²) in [6.07, 6.45) is 0. The highest BCUT2D eigenvalue weighted by Crippen LogP contribution is 2.42. The van der Waals surface area contributed by atoms with Crippen molar-refractivity contribution in [1.29, 1.82) is 0 Å². The Labute approximate surface area is 282 Å². The van der Waals surface area contributed by atoms with Crippen molar-refractivity contribution >= 4 is 54.3 Å². The summed E-state index contributed by atoms with van der Waals surface area (Å²) < 4.78 is 6.15. The molecule has 0 spiro atoms. The molecule has 0 aliphatic rings. The van der Waals surface area contributed by atoms with Crippen molar-refractivity contribution in [2.75, 3.05) is 0 Å². The van der Waals surface area contributed by atoms with Crippen LogP contribution in [0.4, 0.5) is 0 Å². The molecule has 0 aliphatic carbocycles. The van der Waals surface area contributed by atoms with Crippen LogP contribution in [-0.4, -0.2) is 9.97 Å². The summed E-state index contributed by atoms with van der Waals surface area (Å²) in [7, 11) is 0. The molecule has 0 saturated carbocycles. The molecule has 228 valence electrons. The Morgan fingerprint density at radius 1 is 0.327 bits per heavy atom. The Balaban J connectivity index is 1.27. The SMILES string of the molecule is c1ccc(-c2cc(-c3ccccc3)nc(-c3cccc4c5ccccc5c5ccc(-c6ccc7oc8ccccc8c7c6)cc5c34)n2)cc1. The fraction of sp³-hybridized carbons (Fsp3) is 0. The smallest absolute Gasteiger partial charge is 0.161 e. The third-order valence-electron chi connectivity index (χ3n) is 9.68. The second-order valence-electron chi connectivity index (χ2n) is 12.5. The molecule has 0 atom stereocenters. The normalized spacial score (nSPS) is 11.7. The van der Waals surface area contributed by atoms with Gasteiger partial charge in [0.25, 0.3) is 0 Å². The third kappa shape index (κ3) is 4.51. The first-order valence-electron chi connectivity index (χ1n) is 16.6. The van der Waals surface area contributed by atoms with E-state index in [0.29, 0.717) is 5.82 Å². The summed E-state index contributed by atoms with van der Waals surface area (Å²) in [5.74, 6) is 0.707. The molecule has 3 nitrogen and oxygen atoms in total. The molecule has 0 unspecified atom stereocenters. The lowest BCUT2D eigenvalue weighted by atomic mass is 9.89. The van der Waals surface area contributed by atoms with Gasteiger partial charge in [-0.3, -0.25) is 0 Å². The van der Waals surface area contributed by atoms with Crippen molar-refractivity contribution in [3.63, 3.8) is 0 Å². The molecular weight excluding hydrogens is 597 g/mol. The summed E-state index contributed by atoms with van der Waals surface area (Å²) >= 11 is 0. The number of rotatable bonds is 4. The highest BCUT2D eigenvalue weighted by atomic mass is 16.3. The van der Waals surface area contributed by atoms with Crippen LogP contribution >= 0.6 is 0 Å². The summed E-state index contributed by atoms with van der Waals surface area (Å²) in [6, 6.07) is 59.7. The van der Waals surface area contributed by atoms with Gasteiger partial charge in [-0.25, -0.2) is 9.97 Å². The maximum atomic E-state index is 6.15. The molecule has 2 aromatic heterocycles. The van der Waals surface area contributed by atoms with Crippen molar-refractivity contribution in [3.8, 4) is 45.0 Å². The standard InChI is InChI=1S/C46H28N2O/c1-3-12-29(13-4-1)41-28-42(30-14-5-2-6-15-30)48-46(47-41)38-20-11-19-37-34-17-8-7-16-33(34)35-24-22-31(27-40(35)45(37)38)32-23-25-44-39(26-32)36-18-9-10-21-43(36)49-44/h1-28H. The van der Waals surface area contributed by atoms with E-state index in [2.05, 4.69) is 146 Å². The Morgan fingerprint density at radius 2 is 0.857 bits per heavy atom. The average Bonchev–Trinajstić information content (AvgIpc) is 3.56. The molecule has 0 bridgehead atoms.